The summed E-state index contributed by atoms with van der Waals surface area (Å²) >= 11 is 1.17. The summed E-state index contributed by atoms with van der Waals surface area (Å²) in [6.07, 6.45) is 0.937. The van der Waals surface area contributed by atoms with Crippen LogP contribution in [0, 0.1) is 11.3 Å². The van der Waals surface area contributed by atoms with E-state index in [4.69, 9.17) is 5.73 Å². The molecule has 0 spiro atoms. The van der Waals surface area contributed by atoms with Crippen molar-refractivity contribution < 1.29 is 4.79 Å². The van der Waals surface area contributed by atoms with E-state index in [-0.39, 0.29) is 17.2 Å². The molecule has 0 aliphatic carbocycles. The molecule has 1 aromatic heterocycles. The number of thiophene rings is 1. The first-order valence-corrected chi connectivity index (χ1v) is 8.98. The van der Waals surface area contributed by atoms with Crippen LogP contribution in [0.4, 0.5) is 22.1 Å². The minimum Gasteiger partial charge on any atom is -0.396 e. The van der Waals surface area contributed by atoms with Crippen molar-refractivity contribution in [3.05, 3.63) is 70.6 Å². The van der Waals surface area contributed by atoms with Crippen LogP contribution < -0.4 is 16.4 Å². The molecule has 0 fully saturated rings. The number of amides is 1. The Hall–Kier alpha value is -3.30. The van der Waals surface area contributed by atoms with Crippen LogP contribution in [0.15, 0.2) is 54.6 Å². The Morgan fingerprint density at radius 3 is 2.42 bits per heavy atom. The van der Waals surface area contributed by atoms with Crippen molar-refractivity contribution in [3.63, 3.8) is 0 Å². The van der Waals surface area contributed by atoms with Crippen molar-refractivity contribution in [1.82, 2.24) is 0 Å². The normalized spacial score (nSPS) is 10.2. The lowest BCUT2D eigenvalue weighted by atomic mass is 10.1. The molecule has 0 saturated heterocycles. The Kier molecular flexibility index (Phi) is 5.20. The number of hydrogen-bond acceptors (Lipinski definition) is 5. The van der Waals surface area contributed by atoms with E-state index < -0.39 is 0 Å². The zero-order valence-electron chi connectivity index (χ0n) is 14.2. The van der Waals surface area contributed by atoms with Gasteiger partial charge < -0.3 is 16.4 Å². The molecular formula is C20H18N4OS. The fourth-order valence-electron chi connectivity index (χ4n) is 2.48. The molecule has 1 heterocycles. The Bertz CT molecular complexity index is 956. The number of nitriles is 1. The topological polar surface area (TPSA) is 90.9 Å². The molecule has 3 aromatic rings. The molecular weight excluding hydrogens is 344 g/mol. The first-order chi connectivity index (χ1) is 12.6. The number of anilines is 4. The molecule has 0 aliphatic rings. The lowest BCUT2D eigenvalue weighted by molar-refractivity contribution is 0.103. The van der Waals surface area contributed by atoms with Crippen LogP contribution >= 0.6 is 11.3 Å². The van der Waals surface area contributed by atoms with E-state index in [0.717, 1.165) is 12.1 Å². The van der Waals surface area contributed by atoms with E-state index in [2.05, 4.69) is 23.6 Å². The second kappa shape index (κ2) is 7.72. The van der Waals surface area contributed by atoms with Gasteiger partial charge in [0.2, 0.25) is 0 Å². The predicted molar refractivity (Wildman–Crippen MR) is 107 cm³/mol. The highest BCUT2D eigenvalue weighted by atomic mass is 32.1. The highest BCUT2D eigenvalue weighted by Crippen LogP contribution is 2.37. The van der Waals surface area contributed by atoms with Gasteiger partial charge in [0.25, 0.3) is 5.91 Å². The fraction of sp³-hybridized carbons (Fsp3) is 0.100. The Morgan fingerprint density at radius 1 is 1.12 bits per heavy atom. The Balaban J connectivity index is 1.85. The molecule has 3 rings (SSSR count). The number of para-hydroxylation sites is 1. The van der Waals surface area contributed by atoms with E-state index in [1.54, 1.807) is 0 Å². The number of nitrogens with zero attached hydrogens (tertiary/aromatic N) is 1. The predicted octanol–water partition coefficient (Wildman–Crippen LogP) is 4.76. The van der Waals surface area contributed by atoms with Crippen molar-refractivity contribution in [2.45, 2.75) is 13.3 Å². The first-order valence-electron chi connectivity index (χ1n) is 8.17. The number of nitrogen functional groups attached to an aromatic ring is 1. The zero-order valence-corrected chi connectivity index (χ0v) is 15.1. The monoisotopic (exact) mass is 362 g/mol. The van der Waals surface area contributed by atoms with Gasteiger partial charge in [0.05, 0.1) is 5.69 Å². The molecule has 0 saturated carbocycles. The van der Waals surface area contributed by atoms with Crippen LogP contribution in [-0.2, 0) is 6.42 Å². The van der Waals surface area contributed by atoms with Crippen molar-refractivity contribution in [3.8, 4) is 6.07 Å². The molecule has 1 amide bonds. The molecule has 2 aromatic carbocycles. The van der Waals surface area contributed by atoms with E-state index >= 15 is 0 Å². The molecule has 0 aliphatic heterocycles. The summed E-state index contributed by atoms with van der Waals surface area (Å²) in [4.78, 5) is 12.9. The number of carbonyl (C=O) groups excluding carboxylic acids is 1. The lowest BCUT2D eigenvalue weighted by Crippen LogP contribution is -2.12. The second-order valence-electron chi connectivity index (χ2n) is 5.66. The SMILES string of the molecule is CCc1ccc(NC(=O)c2sc(Nc3ccccc3)c(C#N)c2N)cc1. The summed E-state index contributed by atoms with van der Waals surface area (Å²) in [6, 6.07) is 19.2. The van der Waals surface area contributed by atoms with Crippen LogP contribution in [0.3, 0.4) is 0 Å². The number of rotatable bonds is 5. The minimum absolute atomic E-state index is 0.193. The van der Waals surface area contributed by atoms with Crippen LogP contribution in [0.25, 0.3) is 0 Å². The average Bonchev–Trinajstić information content (AvgIpc) is 2.98. The first kappa shape index (κ1) is 17.5. The molecule has 0 bridgehead atoms. The zero-order chi connectivity index (χ0) is 18.5. The quantitative estimate of drug-likeness (QED) is 0.610. The fourth-order valence-corrected chi connectivity index (χ4v) is 3.46. The molecule has 4 N–H and O–H groups in total. The number of benzene rings is 2. The molecule has 26 heavy (non-hydrogen) atoms. The Morgan fingerprint density at radius 2 is 1.81 bits per heavy atom. The van der Waals surface area contributed by atoms with Crippen molar-refractivity contribution in [2.24, 2.45) is 0 Å². The van der Waals surface area contributed by atoms with Gasteiger partial charge >= 0.3 is 0 Å². The number of nitrogens with one attached hydrogen (secondary N) is 2. The molecule has 0 unspecified atom stereocenters. The van der Waals surface area contributed by atoms with Crippen molar-refractivity contribution >= 4 is 39.3 Å². The van der Waals surface area contributed by atoms with Crippen LogP contribution in [0.2, 0.25) is 0 Å². The summed E-state index contributed by atoms with van der Waals surface area (Å²) in [5, 5.41) is 16.0. The largest absolute Gasteiger partial charge is 0.396 e. The standard InChI is InChI=1S/C20H18N4OS/c1-2-13-8-10-15(11-9-13)23-19(25)18-17(22)16(12-21)20(26-18)24-14-6-4-3-5-7-14/h3-11,24H,2,22H2,1H3,(H,23,25). The minimum atomic E-state index is -0.325. The maximum Gasteiger partial charge on any atom is 0.267 e. The van der Waals surface area contributed by atoms with E-state index in [0.29, 0.717) is 15.6 Å². The van der Waals surface area contributed by atoms with Gasteiger partial charge in [0, 0.05) is 11.4 Å². The molecule has 0 atom stereocenters. The third-order valence-electron chi connectivity index (χ3n) is 3.91. The summed E-state index contributed by atoms with van der Waals surface area (Å²) in [7, 11) is 0. The molecule has 6 heteroatoms. The summed E-state index contributed by atoms with van der Waals surface area (Å²) in [5.41, 5.74) is 9.24. The summed E-state index contributed by atoms with van der Waals surface area (Å²) in [5.74, 6) is -0.325. The maximum atomic E-state index is 12.6. The number of carbonyl (C=O) groups is 1. The third-order valence-corrected chi connectivity index (χ3v) is 5.03. The molecule has 0 radical (unpaired) electrons. The average molecular weight is 362 g/mol. The van der Waals surface area contributed by atoms with E-state index in [1.807, 2.05) is 54.6 Å². The van der Waals surface area contributed by atoms with Gasteiger partial charge in [-0.25, -0.2) is 0 Å². The highest BCUT2D eigenvalue weighted by Gasteiger charge is 2.21. The molecule has 5 nitrogen and oxygen atoms in total. The van der Waals surface area contributed by atoms with Gasteiger partial charge in [-0.05, 0) is 36.2 Å². The van der Waals surface area contributed by atoms with E-state index in [9.17, 15) is 10.1 Å². The number of hydrogen-bond donors (Lipinski definition) is 3. The summed E-state index contributed by atoms with van der Waals surface area (Å²) in [6.45, 7) is 2.07. The van der Waals surface area contributed by atoms with Gasteiger partial charge in [-0.1, -0.05) is 37.3 Å². The van der Waals surface area contributed by atoms with Gasteiger partial charge in [-0.2, -0.15) is 5.26 Å². The highest BCUT2D eigenvalue weighted by molar-refractivity contribution is 7.19. The van der Waals surface area contributed by atoms with Gasteiger partial charge in [0.1, 0.15) is 21.5 Å². The van der Waals surface area contributed by atoms with Gasteiger partial charge in [-0.15, -0.1) is 11.3 Å². The number of nitrogens with two attached hydrogens (primary N) is 1. The van der Waals surface area contributed by atoms with Crippen LogP contribution in [0.5, 0.6) is 0 Å². The van der Waals surface area contributed by atoms with Gasteiger partial charge in [0.15, 0.2) is 0 Å². The van der Waals surface area contributed by atoms with Gasteiger partial charge in [-0.3, -0.25) is 4.79 Å². The van der Waals surface area contributed by atoms with Crippen molar-refractivity contribution in [1.29, 1.82) is 5.26 Å². The van der Waals surface area contributed by atoms with E-state index in [1.165, 1.54) is 16.9 Å². The Labute approximate surface area is 156 Å². The second-order valence-corrected chi connectivity index (χ2v) is 6.68. The smallest absolute Gasteiger partial charge is 0.267 e. The number of aryl methyl sites for hydroxylation is 1. The molecule has 130 valence electrons. The lowest BCUT2D eigenvalue weighted by Gasteiger charge is -2.05. The van der Waals surface area contributed by atoms with Crippen LogP contribution in [0.1, 0.15) is 27.7 Å². The van der Waals surface area contributed by atoms with Crippen LogP contribution in [-0.4, -0.2) is 5.91 Å². The third kappa shape index (κ3) is 3.68. The summed E-state index contributed by atoms with van der Waals surface area (Å²) < 4.78 is 0. The van der Waals surface area contributed by atoms with Crippen molar-refractivity contribution in [2.75, 3.05) is 16.4 Å². The maximum absolute atomic E-state index is 12.6.